The summed E-state index contributed by atoms with van der Waals surface area (Å²) >= 11 is 1.48. The van der Waals surface area contributed by atoms with E-state index in [1.165, 1.54) is 22.9 Å². The normalized spacial score (nSPS) is 25.2. The van der Waals surface area contributed by atoms with Crippen molar-refractivity contribution in [3.63, 3.8) is 0 Å². The minimum absolute atomic E-state index is 0.0641. The van der Waals surface area contributed by atoms with Gasteiger partial charge in [0.2, 0.25) is 5.91 Å². The number of hydrogen-bond acceptors (Lipinski definition) is 7. The number of aryl methyl sites for hydroxylation is 1. The molecule has 3 N–H and O–H groups in total. The van der Waals surface area contributed by atoms with Gasteiger partial charge in [-0.05, 0) is 25.3 Å². The summed E-state index contributed by atoms with van der Waals surface area (Å²) in [6.07, 6.45) is 7.28. The number of fused-ring (bicyclic) bond motifs is 3. The second-order valence-electron chi connectivity index (χ2n) is 7.47. The van der Waals surface area contributed by atoms with Crippen molar-refractivity contribution in [3.05, 3.63) is 47.8 Å². The molecule has 1 aromatic carbocycles. The number of nitrogens with one attached hydrogen (secondary N) is 3. The maximum atomic E-state index is 12.0. The molecule has 3 heterocycles. The SMILES string of the molecule is CCCCNC(=O)CSC1=NNC2C3CC(c4ccc(C)cc4)NN3C=CN12. The summed E-state index contributed by atoms with van der Waals surface area (Å²) in [5, 5.41) is 10.5. The third-order valence-corrected chi connectivity index (χ3v) is 6.34. The van der Waals surface area contributed by atoms with E-state index >= 15 is 0 Å². The quantitative estimate of drug-likeness (QED) is 0.636. The van der Waals surface area contributed by atoms with E-state index in [-0.39, 0.29) is 24.2 Å². The summed E-state index contributed by atoms with van der Waals surface area (Å²) in [6.45, 7) is 4.97. The fourth-order valence-corrected chi connectivity index (χ4v) is 4.55. The van der Waals surface area contributed by atoms with E-state index in [2.05, 4.69) is 75.5 Å². The van der Waals surface area contributed by atoms with E-state index in [0.717, 1.165) is 31.0 Å². The number of carbonyl (C=O) groups is 1. The Kier molecular flexibility index (Phi) is 5.77. The topological polar surface area (TPSA) is 72.0 Å². The molecule has 0 spiro atoms. The molecule has 0 saturated carbocycles. The van der Waals surface area contributed by atoms with Crippen molar-refractivity contribution in [3.8, 4) is 0 Å². The Hall–Kier alpha value is -2.19. The smallest absolute Gasteiger partial charge is 0.230 e. The molecule has 150 valence electrons. The molecule has 3 aliphatic rings. The van der Waals surface area contributed by atoms with Crippen LogP contribution in [0.25, 0.3) is 0 Å². The van der Waals surface area contributed by atoms with Crippen molar-refractivity contribution in [1.82, 2.24) is 26.1 Å². The lowest BCUT2D eigenvalue weighted by molar-refractivity contribution is -0.118. The summed E-state index contributed by atoms with van der Waals surface area (Å²) in [6, 6.07) is 9.28. The van der Waals surface area contributed by atoms with Gasteiger partial charge >= 0.3 is 0 Å². The Labute approximate surface area is 170 Å². The average Bonchev–Trinajstić information content (AvgIpc) is 3.31. The van der Waals surface area contributed by atoms with Gasteiger partial charge in [0.05, 0.1) is 17.8 Å². The maximum absolute atomic E-state index is 12.0. The molecule has 1 aromatic rings. The van der Waals surface area contributed by atoms with Crippen LogP contribution in [0.15, 0.2) is 41.8 Å². The van der Waals surface area contributed by atoms with Crippen LogP contribution in [0, 0.1) is 6.92 Å². The summed E-state index contributed by atoms with van der Waals surface area (Å²) < 4.78 is 0. The highest BCUT2D eigenvalue weighted by molar-refractivity contribution is 8.14. The van der Waals surface area contributed by atoms with E-state index in [1.54, 1.807) is 0 Å². The molecule has 0 aliphatic carbocycles. The number of thioether (sulfide) groups is 1. The van der Waals surface area contributed by atoms with Crippen LogP contribution >= 0.6 is 11.8 Å². The number of rotatable bonds is 6. The average molecular weight is 401 g/mol. The van der Waals surface area contributed by atoms with Gasteiger partial charge in [0, 0.05) is 18.9 Å². The fraction of sp³-hybridized carbons (Fsp3) is 0.500. The van der Waals surface area contributed by atoms with Crippen molar-refractivity contribution in [2.75, 3.05) is 12.3 Å². The summed E-state index contributed by atoms with van der Waals surface area (Å²) in [5.41, 5.74) is 9.44. The van der Waals surface area contributed by atoms with Crippen LogP contribution in [0.5, 0.6) is 0 Å². The molecule has 0 aromatic heterocycles. The molecule has 28 heavy (non-hydrogen) atoms. The van der Waals surface area contributed by atoms with E-state index in [4.69, 9.17) is 0 Å². The van der Waals surface area contributed by atoms with Crippen LogP contribution in [-0.4, -0.2) is 45.5 Å². The van der Waals surface area contributed by atoms with Crippen molar-refractivity contribution < 1.29 is 4.79 Å². The molecular weight excluding hydrogens is 372 g/mol. The zero-order valence-electron chi connectivity index (χ0n) is 16.4. The number of unbranched alkanes of at least 4 members (excludes halogenated alkanes) is 1. The van der Waals surface area contributed by atoms with Crippen molar-refractivity contribution in [1.29, 1.82) is 0 Å². The third kappa shape index (κ3) is 3.98. The molecule has 1 fully saturated rings. The highest BCUT2D eigenvalue weighted by Crippen LogP contribution is 2.35. The molecule has 4 rings (SSSR count). The van der Waals surface area contributed by atoms with E-state index in [0.29, 0.717) is 5.75 Å². The lowest BCUT2D eigenvalue weighted by Crippen LogP contribution is -2.54. The molecule has 8 heteroatoms. The predicted octanol–water partition coefficient (Wildman–Crippen LogP) is 2.25. The molecule has 7 nitrogen and oxygen atoms in total. The molecule has 3 aliphatic heterocycles. The van der Waals surface area contributed by atoms with Crippen molar-refractivity contribution in [2.45, 2.75) is 51.4 Å². The summed E-state index contributed by atoms with van der Waals surface area (Å²) in [4.78, 5) is 14.1. The first-order chi connectivity index (χ1) is 13.7. The Bertz CT molecular complexity index is 764. The zero-order chi connectivity index (χ0) is 19.5. The van der Waals surface area contributed by atoms with Gasteiger partial charge in [-0.15, -0.1) is 0 Å². The largest absolute Gasteiger partial charge is 0.355 e. The van der Waals surface area contributed by atoms with Crippen LogP contribution in [0.2, 0.25) is 0 Å². The molecular formula is C20H28N6OS. The Morgan fingerprint density at radius 3 is 2.93 bits per heavy atom. The van der Waals surface area contributed by atoms with E-state index in [9.17, 15) is 4.79 Å². The number of hydrogen-bond donors (Lipinski definition) is 3. The van der Waals surface area contributed by atoms with Crippen molar-refractivity contribution in [2.24, 2.45) is 5.10 Å². The number of amidine groups is 1. The van der Waals surface area contributed by atoms with E-state index in [1.807, 2.05) is 6.20 Å². The van der Waals surface area contributed by atoms with Crippen LogP contribution in [-0.2, 0) is 4.79 Å². The monoisotopic (exact) mass is 400 g/mol. The lowest BCUT2D eigenvalue weighted by Gasteiger charge is -2.36. The van der Waals surface area contributed by atoms with Crippen LogP contribution in [0.4, 0.5) is 0 Å². The van der Waals surface area contributed by atoms with Crippen LogP contribution in [0.3, 0.4) is 0 Å². The lowest BCUT2D eigenvalue weighted by atomic mass is 9.99. The van der Waals surface area contributed by atoms with E-state index < -0.39 is 0 Å². The van der Waals surface area contributed by atoms with Crippen LogP contribution in [0.1, 0.15) is 43.4 Å². The van der Waals surface area contributed by atoms with Gasteiger partial charge < -0.3 is 15.2 Å². The van der Waals surface area contributed by atoms with Gasteiger partial charge in [-0.2, -0.15) is 5.10 Å². The van der Waals surface area contributed by atoms with Gasteiger partial charge in [0.15, 0.2) is 5.17 Å². The minimum Gasteiger partial charge on any atom is -0.355 e. The maximum Gasteiger partial charge on any atom is 0.230 e. The van der Waals surface area contributed by atoms with Gasteiger partial charge in [0.1, 0.15) is 6.17 Å². The highest BCUT2D eigenvalue weighted by Gasteiger charge is 2.44. The molecule has 1 saturated heterocycles. The predicted molar refractivity (Wildman–Crippen MR) is 113 cm³/mol. The fourth-order valence-electron chi connectivity index (χ4n) is 3.75. The van der Waals surface area contributed by atoms with Crippen molar-refractivity contribution >= 4 is 22.8 Å². The summed E-state index contributed by atoms with van der Waals surface area (Å²) in [7, 11) is 0. The molecule has 1 amide bonds. The Balaban J connectivity index is 1.33. The third-order valence-electron chi connectivity index (χ3n) is 5.37. The molecule has 0 radical (unpaired) electrons. The minimum atomic E-state index is 0.0641. The van der Waals surface area contributed by atoms with Gasteiger partial charge in [0.25, 0.3) is 0 Å². The second kappa shape index (κ2) is 8.45. The number of hydrazone groups is 1. The molecule has 3 atom stereocenters. The second-order valence-corrected chi connectivity index (χ2v) is 8.41. The highest BCUT2D eigenvalue weighted by atomic mass is 32.2. The first-order valence-electron chi connectivity index (χ1n) is 9.96. The number of carbonyl (C=O) groups excluding carboxylic acids is 1. The molecule has 3 unspecified atom stereocenters. The number of hydrazine groups is 1. The van der Waals surface area contributed by atoms with Gasteiger partial charge in [-0.1, -0.05) is 54.9 Å². The Morgan fingerprint density at radius 2 is 2.14 bits per heavy atom. The zero-order valence-corrected chi connectivity index (χ0v) is 17.2. The summed E-state index contributed by atoms with van der Waals surface area (Å²) in [5.74, 6) is 0.453. The number of benzene rings is 1. The first-order valence-corrected chi connectivity index (χ1v) is 10.9. The van der Waals surface area contributed by atoms with Gasteiger partial charge in [-0.25, -0.2) is 5.43 Å². The number of nitrogens with zero attached hydrogens (tertiary/aromatic N) is 3. The van der Waals surface area contributed by atoms with Gasteiger partial charge in [-0.3, -0.25) is 10.2 Å². The number of amides is 1. The first kappa shape index (κ1) is 19.1. The standard InChI is InChI=1S/C20H28N6OS/c1-3-4-9-21-18(27)13-28-20-23-22-19-17-12-16(15-7-5-14(2)6-8-15)24-26(17)11-10-25(19)20/h5-8,10-11,16-17,19,22,24H,3-4,9,12-13H2,1-2H3,(H,21,27). The Morgan fingerprint density at radius 1 is 1.32 bits per heavy atom. The van der Waals surface area contributed by atoms with Crippen LogP contribution < -0.4 is 16.2 Å². The molecule has 0 bridgehead atoms.